The Morgan fingerprint density at radius 2 is 1.64 bits per heavy atom. The molecule has 0 saturated carbocycles. The van der Waals surface area contributed by atoms with Crippen LogP contribution in [0.1, 0.15) is 10.4 Å². The zero-order chi connectivity index (χ0) is 22.9. The van der Waals surface area contributed by atoms with E-state index in [0.29, 0.717) is 38.3 Å². The van der Waals surface area contributed by atoms with Gasteiger partial charge in [-0.15, -0.1) is 0 Å². The van der Waals surface area contributed by atoms with Crippen LogP contribution in [0.25, 0.3) is 33.1 Å². The van der Waals surface area contributed by atoms with Gasteiger partial charge in [0.05, 0.1) is 5.56 Å². The molecule has 5 aromatic rings. The van der Waals surface area contributed by atoms with E-state index in [1.165, 1.54) is 12.1 Å². The summed E-state index contributed by atoms with van der Waals surface area (Å²) in [6.45, 7) is -0.172. The molecular weight excluding hydrogens is 444 g/mol. The fourth-order valence-corrected chi connectivity index (χ4v) is 3.77. The summed E-state index contributed by atoms with van der Waals surface area (Å²) >= 11 is 6.06. The number of ether oxygens (including phenoxy) is 1. The highest BCUT2D eigenvalue weighted by Gasteiger charge is 2.15. The van der Waals surface area contributed by atoms with Crippen LogP contribution in [0, 0.1) is 0 Å². The molecule has 0 aliphatic heterocycles. The third-order valence-electron chi connectivity index (χ3n) is 5.17. The second-order valence-corrected chi connectivity index (χ2v) is 7.78. The lowest BCUT2D eigenvalue weighted by Gasteiger charge is -2.09. The normalized spacial score (nSPS) is 11.1. The standard InChI is InChI=1S/C26H15ClO6/c27-17-6-9-23-16(10-17)11-21(26(30)33-23)20-13-25(29)32-24-12-18(7-8-19(20)24)31-14-22(28)15-4-2-1-3-5-15/h1-13H,14H2. The van der Waals surface area contributed by atoms with Crippen LogP contribution in [0.15, 0.2) is 97.3 Å². The Bertz CT molecular complexity index is 1630. The highest BCUT2D eigenvalue weighted by molar-refractivity contribution is 6.31. The Labute approximate surface area is 191 Å². The minimum Gasteiger partial charge on any atom is -0.485 e. The summed E-state index contributed by atoms with van der Waals surface area (Å²) in [6, 6.07) is 21.4. The van der Waals surface area contributed by atoms with Gasteiger partial charge < -0.3 is 13.6 Å². The minimum atomic E-state index is -0.638. The SMILES string of the molecule is O=C(COc1ccc2c(-c3cc4cc(Cl)ccc4oc3=O)cc(=O)oc2c1)c1ccccc1. The third kappa shape index (κ3) is 4.16. The zero-order valence-electron chi connectivity index (χ0n) is 17.0. The van der Waals surface area contributed by atoms with Gasteiger partial charge in [0.15, 0.2) is 12.4 Å². The summed E-state index contributed by atoms with van der Waals surface area (Å²) in [5.74, 6) is 0.169. The fraction of sp³-hybridized carbons (Fsp3) is 0.0385. The highest BCUT2D eigenvalue weighted by atomic mass is 35.5. The van der Waals surface area contributed by atoms with Crippen molar-refractivity contribution in [2.24, 2.45) is 0 Å². The van der Waals surface area contributed by atoms with Crippen molar-refractivity contribution in [3.63, 3.8) is 0 Å². The third-order valence-corrected chi connectivity index (χ3v) is 5.40. The van der Waals surface area contributed by atoms with Gasteiger partial charge in [-0.25, -0.2) is 9.59 Å². The first-order chi connectivity index (χ1) is 16.0. The number of fused-ring (bicyclic) bond motifs is 2. The van der Waals surface area contributed by atoms with Crippen molar-refractivity contribution >= 4 is 39.3 Å². The monoisotopic (exact) mass is 458 g/mol. The topological polar surface area (TPSA) is 86.7 Å². The van der Waals surface area contributed by atoms with E-state index in [1.54, 1.807) is 60.7 Å². The van der Waals surface area contributed by atoms with Crippen LogP contribution in [0.2, 0.25) is 5.02 Å². The van der Waals surface area contributed by atoms with Gasteiger partial charge in [-0.05, 0) is 36.4 Å². The van der Waals surface area contributed by atoms with E-state index < -0.39 is 11.3 Å². The largest absolute Gasteiger partial charge is 0.485 e. The van der Waals surface area contributed by atoms with E-state index in [2.05, 4.69) is 0 Å². The molecule has 162 valence electrons. The number of carbonyl (C=O) groups is 1. The molecule has 3 aromatic carbocycles. The van der Waals surface area contributed by atoms with E-state index in [1.807, 2.05) is 6.07 Å². The number of ketones is 1. The predicted molar refractivity (Wildman–Crippen MR) is 125 cm³/mol. The molecule has 33 heavy (non-hydrogen) atoms. The Morgan fingerprint density at radius 3 is 2.45 bits per heavy atom. The summed E-state index contributed by atoms with van der Waals surface area (Å²) in [5, 5.41) is 1.63. The maximum atomic E-state index is 12.7. The quantitative estimate of drug-likeness (QED) is 0.256. The van der Waals surface area contributed by atoms with Crippen molar-refractivity contribution in [1.29, 1.82) is 0 Å². The molecule has 0 bridgehead atoms. The average molecular weight is 459 g/mol. The van der Waals surface area contributed by atoms with Gasteiger partial charge in [0.1, 0.15) is 16.9 Å². The van der Waals surface area contributed by atoms with Crippen molar-refractivity contribution in [2.75, 3.05) is 6.61 Å². The number of hydrogen-bond donors (Lipinski definition) is 0. The molecule has 7 heteroatoms. The maximum Gasteiger partial charge on any atom is 0.344 e. The molecule has 0 atom stereocenters. The maximum absolute atomic E-state index is 12.7. The fourth-order valence-electron chi connectivity index (χ4n) is 3.59. The van der Waals surface area contributed by atoms with Gasteiger partial charge in [-0.2, -0.15) is 0 Å². The van der Waals surface area contributed by atoms with Crippen LogP contribution in [0.3, 0.4) is 0 Å². The second kappa shape index (κ2) is 8.41. The van der Waals surface area contributed by atoms with Crippen molar-refractivity contribution < 1.29 is 18.4 Å². The Hall–Kier alpha value is -4.16. The molecular formula is C26H15ClO6. The van der Waals surface area contributed by atoms with Gasteiger partial charge in [-0.1, -0.05) is 41.9 Å². The molecule has 2 aromatic heterocycles. The molecule has 0 aliphatic carbocycles. The molecule has 0 radical (unpaired) electrons. The molecule has 0 amide bonds. The van der Waals surface area contributed by atoms with E-state index in [4.69, 9.17) is 25.2 Å². The van der Waals surface area contributed by atoms with Crippen LogP contribution in [-0.2, 0) is 0 Å². The Kier molecular flexibility index (Phi) is 5.28. The number of benzene rings is 3. The molecule has 5 rings (SSSR count). The molecule has 2 heterocycles. The second-order valence-electron chi connectivity index (χ2n) is 7.34. The summed E-state index contributed by atoms with van der Waals surface area (Å²) in [6.07, 6.45) is 0. The van der Waals surface area contributed by atoms with Gasteiger partial charge >= 0.3 is 11.3 Å². The first-order valence-electron chi connectivity index (χ1n) is 10.0. The number of hydrogen-bond acceptors (Lipinski definition) is 6. The van der Waals surface area contributed by atoms with Crippen molar-refractivity contribution in [2.45, 2.75) is 0 Å². The molecule has 0 unspecified atom stereocenters. The highest BCUT2D eigenvalue weighted by Crippen LogP contribution is 2.30. The molecule has 0 spiro atoms. The van der Waals surface area contributed by atoms with Gasteiger partial charge in [0.2, 0.25) is 0 Å². The van der Waals surface area contributed by atoms with Crippen molar-refractivity contribution in [3.05, 3.63) is 110 Å². The first-order valence-corrected chi connectivity index (χ1v) is 10.4. The summed E-state index contributed by atoms with van der Waals surface area (Å²) in [5.41, 5.74) is 0.479. The average Bonchev–Trinajstić information content (AvgIpc) is 2.82. The smallest absolute Gasteiger partial charge is 0.344 e. The van der Waals surface area contributed by atoms with E-state index in [-0.39, 0.29) is 23.5 Å². The van der Waals surface area contributed by atoms with E-state index >= 15 is 0 Å². The summed E-state index contributed by atoms with van der Waals surface area (Å²) in [7, 11) is 0. The lowest BCUT2D eigenvalue weighted by Crippen LogP contribution is -2.11. The van der Waals surface area contributed by atoms with Crippen LogP contribution >= 0.6 is 11.6 Å². The molecule has 0 aliphatic rings. The summed E-state index contributed by atoms with van der Waals surface area (Å²) in [4.78, 5) is 37.2. The molecule has 0 N–H and O–H groups in total. The van der Waals surface area contributed by atoms with Crippen LogP contribution in [-0.4, -0.2) is 12.4 Å². The molecule has 6 nitrogen and oxygen atoms in total. The van der Waals surface area contributed by atoms with Gasteiger partial charge in [-0.3, -0.25) is 4.79 Å². The lowest BCUT2D eigenvalue weighted by molar-refractivity contribution is 0.0921. The number of carbonyl (C=O) groups excluding carboxylic acids is 1. The van der Waals surface area contributed by atoms with Gasteiger partial charge in [0.25, 0.3) is 0 Å². The van der Waals surface area contributed by atoms with Crippen LogP contribution in [0.4, 0.5) is 0 Å². The first kappa shape index (κ1) is 20.7. The molecule has 0 fully saturated rings. The van der Waals surface area contributed by atoms with Gasteiger partial charge in [0, 0.05) is 39.1 Å². The molecule has 0 saturated heterocycles. The number of halogens is 1. The minimum absolute atomic E-state index is 0.172. The predicted octanol–water partition coefficient (Wildman–Crippen LogP) is 5.48. The Balaban J connectivity index is 1.53. The van der Waals surface area contributed by atoms with E-state index in [0.717, 1.165) is 0 Å². The van der Waals surface area contributed by atoms with Crippen LogP contribution < -0.4 is 16.0 Å². The van der Waals surface area contributed by atoms with E-state index in [9.17, 15) is 14.4 Å². The zero-order valence-corrected chi connectivity index (χ0v) is 17.8. The Morgan fingerprint density at radius 1 is 0.818 bits per heavy atom. The van der Waals surface area contributed by atoms with Crippen molar-refractivity contribution in [1.82, 2.24) is 0 Å². The summed E-state index contributed by atoms with van der Waals surface area (Å²) < 4.78 is 16.3. The number of rotatable bonds is 5. The van der Waals surface area contributed by atoms with Crippen LogP contribution in [0.5, 0.6) is 5.75 Å². The lowest BCUT2D eigenvalue weighted by atomic mass is 10.0. The van der Waals surface area contributed by atoms with Crippen molar-refractivity contribution in [3.8, 4) is 16.9 Å². The number of Topliss-reactive ketones (excluding diaryl/α,β-unsaturated/α-hetero) is 1.